The Morgan fingerprint density at radius 2 is 1.79 bits per heavy atom. The third-order valence-electron chi connectivity index (χ3n) is 3.50. The lowest BCUT2D eigenvalue weighted by molar-refractivity contribution is 0.155. The topological polar surface area (TPSA) is 66.5 Å². The minimum absolute atomic E-state index is 0.0205. The Balaban J connectivity index is 2.63. The molecule has 0 spiro atoms. The van der Waals surface area contributed by atoms with Crippen LogP contribution in [0.3, 0.4) is 0 Å². The summed E-state index contributed by atoms with van der Waals surface area (Å²) in [5.74, 6) is 0.365. The Labute approximate surface area is 116 Å². The van der Waals surface area contributed by atoms with Crippen LogP contribution in [0, 0.1) is 5.92 Å². The molecule has 0 unspecified atom stereocenters. The van der Waals surface area contributed by atoms with Crippen LogP contribution in [0.4, 0.5) is 4.79 Å². The number of hydrogen-bond donors (Lipinski definition) is 1. The number of sulfone groups is 1. The molecule has 19 heavy (non-hydrogen) atoms. The molecule has 1 rings (SSSR count). The van der Waals surface area contributed by atoms with Gasteiger partial charge >= 0.3 is 6.03 Å². The van der Waals surface area contributed by atoms with E-state index >= 15 is 0 Å². The molecule has 0 aromatic heterocycles. The second-order valence-corrected chi connectivity index (χ2v) is 8.25. The molecular formula is C13H26N2O3S. The Bertz CT molecular complexity index is 416. The average molecular weight is 290 g/mol. The van der Waals surface area contributed by atoms with Crippen LogP contribution in [0.5, 0.6) is 0 Å². The fourth-order valence-corrected chi connectivity index (χ4v) is 3.13. The second-order valence-electron chi connectivity index (χ2n) is 6.07. The van der Waals surface area contributed by atoms with Crippen LogP contribution in [-0.4, -0.2) is 49.5 Å². The van der Waals surface area contributed by atoms with E-state index in [1.54, 1.807) is 6.92 Å². The van der Waals surface area contributed by atoms with E-state index in [1.165, 1.54) is 6.26 Å². The molecule has 1 N–H and O–H groups in total. The maximum Gasteiger partial charge on any atom is 0.318 e. The standard InChI is InChI=1S/C13H26N2O3S/c1-9(2)11(4)15(12-6-7-12)13(16)14-10(3)8-19(5,17)18/h9-12H,6-8H2,1-5H3,(H,14,16)/t10-,11-/m0/s1. The van der Waals surface area contributed by atoms with Gasteiger partial charge in [-0.15, -0.1) is 0 Å². The highest BCUT2D eigenvalue weighted by Crippen LogP contribution is 2.30. The number of hydrogen-bond acceptors (Lipinski definition) is 3. The Hall–Kier alpha value is -0.780. The number of nitrogens with one attached hydrogen (secondary N) is 1. The maximum absolute atomic E-state index is 12.3. The number of carbonyl (C=O) groups is 1. The predicted molar refractivity (Wildman–Crippen MR) is 76.9 cm³/mol. The average Bonchev–Trinajstić information content (AvgIpc) is 2.98. The van der Waals surface area contributed by atoms with Gasteiger partial charge in [0.05, 0.1) is 5.75 Å². The lowest BCUT2D eigenvalue weighted by Gasteiger charge is -2.33. The molecule has 0 aromatic carbocycles. The monoisotopic (exact) mass is 290 g/mol. The molecule has 0 aromatic rings. The molecule has 1 saturated carbocycles. The minimum atomic E-state index is -3.07. The first-order valence-electron chi connectivity index (χ1n) is 6.88. The lowest BCUT2D eigenvalue weighted by atomic mass is 10.0. The van der Waals surface area contributed by atoms with E-state index in [0.717, 1.165) is 12.8 Å². The van der Waals surface area contributed by atoms with Crippen LogP contribution in [0.2, 0.25) is 0 Å². The van der Waals surface area contributed by atoms with Gasteiger partial charge in [0.2, 0.25) is 0 Å². The van der Waals surface area contributed by atoms with Crippen molar-refractivity contribution in [1.82, 2.24) is 10.2 Å². The summed E-state index contributed by atoms with van der Waals surface area (Å²) in [5, 5.41) is 2.80. The molecule has 0 radical (unpaired) electrons. The van der Waals surface area contributed by atoms with E-state index in [2.05, 4.69) is 19.2 Å². The van der Waals surface area contributed by atoms with E-state index in [0.29, 0.717) is 12.0 Å². The zero-order valence-corrected chi connectivity index (χ0v) is 13.3. The Kier molecular flexibility index (Phi) is 5.24. The van der Waals surface area contributed by atoms with Crippen molar-refractivity contribution in [2.45, 2.75) is 58.7 Å². The second kappa shape index (κ2) is 6.11. The van der Waals surface area contributed by atoms with Gasteiger partial charge in [-0.1, -0.05) is 13.8 Å². The van der Waals surface area contributed by atoms with Gasteiger partial charge in [0.25, 0.3) is 0 Å². The van der Waals surface area contributed by atoms with Gasteiger partial charge in [0.1, 0.15) is 9.84 Å². The third-order valence-corrected chi connectivity index (χ3v) is 4.61. The molecule has 0 bridgehead atoms. The van der Waals surface area contributed by atoms with Crippen molar-refractivity contribution < 1.29 is 13.2 Å². The first-order valence-corrected chi connectivity index (χ1v) is 8.94. The number of amides is 2. The van der Waals surface area contributed by atoms with E-state index in [1.807, 2.05) is 11.8 Å². The van der Waals surface area contributed by atoms with Crippen molar-refractivity contribution in [1.29, 1.82) is 0 Å². The predicted octanol–water partition coefficient (Wildman–Crippen LogP) is 1.64. The van der Waals surface area contributed by atoms with Crippen molar-refractivity contribution in [3.63, 3.8) is 0 Å². The van der Waals surface area contributed by atoms with Crippen molar-refractivity contribution in [3.05, 3.63) is 0 Å². The molecule has 1 aliphatic rings. The summed E-state index contributed by atoms with van der Waals surface area (Å²) >= 11 is 0. The summed E-state index contributed by atoms with van der Waals surface area (Å²) < 4.78 is 22.4. The van der Waals surface area contributed by atoms with E-state index in [4.69, 9.17) is 0 Å². The molecule has 5 nitrogen and oxygen atoms in total. The number of carbonyl (C=O) groups excluding carboxylic acids is 1. The highest BCUT2D eigenvalue weighted by Gasteiger charge is 2.37. The van der Waals surface area contributed by atoms with Crippen LogP contribution in [0.1, 0.15) is 40.5 Å². The summed E-state index contributed by atoms with van der Waals surface area (Å²) in [6, 6.07) is -0.0104. The summed E-state index contributed by atoms with van der Waals surface area (Å²) in [5.41, 5.74) is 0. The zero-order valence-electron chi connectivity index (χ0n) is 12.5. The van der Waals surface area contributed by atoms with Gasteiger partial charge < -0.3 is 10.2 Å². The zero-order chi connectivity index (χ0) is 14.8. The highest BCUT2D eigenvalue weighted by atomic mass is 32.2. The van der Waals surface area contributed by atoms with Gasteiger partial charge in [-0.3, -0.25) is 0 Å². The fraction of sp³-hybridized carbons (Fsp3) is 0.923. The minimum Gasteiger partial charge on any atom is -0.334 e. The van der Waals surface area contributed by atoms with Crippen molar-refractivity contribution in [2.24, 2.45) is 5.92 Å². The van der Waals surface area contributed by atoms with Gasteiger partial charge in [-0.25, -0.2) is 13.2 Å². The van der Waals surface area contributed by atoms with E-state index in [9.17, 15) is 13.2 Å². The quantitative estimate of drug-likeness (QED) is 0.808. The van der Waals surface area contributed by atoms with Crippen LogP contribution < -0.4 is 5.32 Å². The molecule has 2 amide bonds. The Morgan fingerprint density at radius 3 is 2.16 bits per heavy atom. The van der Waals surface area contributed by atoms with Crippen LogP contribution in [-0.2, 0) is 9.84 Å². The number of rotatable bonds is 6. The Morgan fingerprint density at radius 1 is 1.26 bits per heavy atom. The molecule has 1 fully saturated rings. The molecular weight excluding hydrogens is 264 g/mol. The first-order chi connectivity index (χ1) is 8.61. The smallest absolute Gasteiger partial charge is 0.318 e. The fourth-order valence-electron chi connectivity index (χ4n) is 2.14. The SMILES string of the molecule is CC(C)[C@H](C)N(C(=O)N[C@@H](C)CS(C)(=O)=O)C1CC1. The van der Waals surface area contributed by atoms with Crippen LogP contribution in [0.25, 0.3) is 0 Å². The summed E-state index contributed by atoms with van der Waals surface area (Å²) in [6.07, 6.45) is 3.28. The molecule has 2 atom stereocenters. The third kappa shape index (κ3) is 5.38. The van der Waals surface area contributed by atoms with Crippen molar-refractivity contribution in [3.8, 4) is 0 Å². The molecule has 0 heterocycles. The van der Waals surface area contributed by atoms with Gasteiger partial charge in [0.15, 0.2) is 0 Å². The van der Waals surface area contributed by atoms with Gasteiger partial charge in [-0.05, 0) is 32.6 Å². The van der Waals surface area contributed by atoms with Crippen LogP contribution in [0.15, 0.2) is 0 Å². The van der Waals surface area contributed by atoms with E-state index < -0.39 is 9.84 Å². The number of nitrogens with zero attached hydrogens (tertiary/aromatic N) is 1. The molecule has 112 valence electrons. The molecule has 0 aliphatic heterocycles. The van der Waals surface area contributed by atoms with Gasteiger partial charge in [-0.2, -0.15) is 0 Å². The van der Waals surface area contributed by atoms with Crippen LogP contribution >= 0.6 is 0 Å². The summed E-state index contributed by atoms with van der Waals surface area (Å²) in [4.78, 5) is 14.2. The maximum atomic E-state index is 12.3. The first kappa shape index (κ1) is 16.3. The largest absolute Gasteiger partial charge is 0.334 e. The molecule has 6 heteroatoms. The molecule has 0 saturated heterocycles. The summed E-state index contributed by atoms with van der Waals surface area (Å²) in [6.45, 7) is 7.95. The molecule has 1 aliphatic carbocycles. The number of urea groups is 1. The normalized spacial score (nSPS) is 19.1. The highest BCUT2D eigenvalue weighted by molar-refractivity contribution is 7.90. The van der Waals surface area contributed by atoms with E-state index in [-0.39, 0.29) is 23.9 Å². The van der Waals surface area contributed by atoms with Crippen molar-refractivity contribution >= 4 is 15.9 Å². The van der Waals surface area contributed by atoms with Crippen molar-refractivity contribution in [2.75, 3.05) is 12.0 Å². The lowest BCUT2D eigenvalue weighted by Crippen LogP contribution is -2.51. The summed E-state index contributed by atoms with van der Waals surface area (Å²) in [7, 11) is -3.07. The van der Waals surface area contributed by atoms with Gasteiger partial charge in [0, 0.05) is 24.4 Å².